The molecule has 2 aromatic rings. The third kappa shape index (κ3) is 4.91. The fourth-order valence-electron chi connectivity index (χ4n) is 6.15. The third-order valence-electron chi connectivity index (χ3n) is 8.54. The molecule has 4 aliphatic rings. The summed E-state index contributed by atoms with van der Waals surface area (Å²) in [6, 6.07) is 5.36. The summed E-state index contributed by atoms with van der Waals surface area (Å²) in [7, 11) is 0. The standard InChI is InChI=1S/C26H38N8O/c1-16-5-6-17(22(27)35)13-21(16)30-24-31-23(32-25(33-24)34-11-4-9-28-10-12-34)29-15-18-7-8-19-14-20(18)26(19,2)3/h5-6,13,18-20,28H,4,7-12,14-15H2,1-3H3,(H2,27,35)(H2,29,30,31,32,33)/t18-,19+,20-/m0/s1. The van der Waals surface area contributed by atoms with Crippen molar-refractivity contribution >= 4 is 29.4 Å². The van der Waals surface area contributed by atoms with E-state index in [0.29, 0.717) is 34.7 Å². The molecular weight excluding hydrogens is 440 g/mol. The molecule has 1 amide bonds. The number of benzene rings is 1. The molecular formula is C26H38N8O. The van der Waals surface area contributed by atoms with Gasteiger partial charge >= 0.3 is 0 Å². The molecule has 6 rings (SSSR count). The first kappa shape index (κ1) is 23.8. The second-order valence-corrected chi connectivity index (χ2v) is 11.0. The maximum atomic E-state index is 11.7. The van der Waals surface area contributed by atoms with Crippen LogP contribution in [0.15, 0.2) is 18.2 Å². The molecule has 3 saturated carbocycles. The number of aryl methyl sites for hydroxylation is 1. The zero-order valence-electron chi connectivity index (χ0n) is 21.1. The Morgan fingerprint density at radius 2 is 2.00 bits per heavy atom. The van der Waals surface area contributed by atoms with Crippen LogP contribution in [0.25, 0.3) is 0 Å². The molecule has 4 fully saturated rings. The lowest BCUT2D eigenvalue weighted by atomic mass is 9.45. The van der Waals surface area contributed by atoms with Crippen LogP contribution in [0.3, 0.4) is 0 Å². The second kappa shape index (κ2) is 9.60. The molecule has 0 radical (unpaired) electrons. The largest absolute Gasteiger partial charge is 0.366 e. The number of primary amides is 1. The van der Waals surface area contributed by atoms with E-state index in [-0.39, 0.29) is 0 Å². The van der Waals surface area contributed by atoms with Crippen LogP contribution in [0.5, 0.6) is 0 Å². The predicted molar refractivity (Wildman–Crippen MR) is 139 cm³/mol. The Hall–Kier alpha value is -2.94. The van der Waals surface area contributed by atoms with Gasteiger partial charge in [-0.25, -0.2) is 0 Å². The van der Waals surface area contributed by atoms with Gasteiger partial charge in [-0.15, -0.1) is 0 Å². The minimum Gasteiger partial charge on any atom is -0.366 e. The van der Waals surface area contributed by atoms with E-state index in [2.05, 4.69) is 34.7 Å². The number of carbonyl (C=O) groups is 1. The lowest BCUT2D eigenvalue weighted by Crippen LogP contribution is -2.53. The van der Waals surface area contributed by atoms with Crippen molar-refractivity contribution < 1.29 is 4.79 Å². The number of amides is 1. The van der Waals surface area contributed by atoms with Gasteiger partial charge in [0.1, 0.15) is 0 Å². The molecule has 9 heteroatoms. The molecule has 2 bridgehead atoms. The molecule has 1 saturated heterocycles. The van der Waals surface area contributed by atoms with E-state index >= 15 is 0 Å². The SMILES string of the molecule is Cc1ccc(C(N)=O)cc1Nc1nc(NC[C@@H]2CC[C@@H]3C[C@@H]2C3(C)C)nc(N2CCCNCC2)n1. The molecule has 5 N–H and O–H groups in total. The van der Waals surface area contributed by atoms with Crippen molar-refractivity contribution in [1.29, 1.82) is 0 Å². The van der Waals surface area contributed by atoms with Crippen molar-refractivity contribution in [3.63, 3.8) is 0 Å². The molecule has 0 spiro atoms. The fourth-order valence-corrected chi connectivity index (χ4v) is 6.15. The van der Waals surface area contributed by atoms with Gasteiger partial charge in [-0.2, -0.15) is 15.0 Å². The lowest BCUT2D eigenvalue weighted by molar-refractivity contribution is -0.100. The number of aromatic nitrogens is 3. The molecule has 0 unspecified atom stereocenters. The average molecular weight is 479 g/mol. The first-order valence-corrected chi connectivity index (χ1v) is 12.9. The molecule has 35 heavy (non-hydrogen) atoms. The third-order valence-corrected chi connectivity index (χ3v) is 8.54. The van der Waals surface area contributed by atoms with E-state index in [4.69, 9.17) is 20.7 Å². The molecule has 9 nitrogen and oxygen atoms in total. The van der Waals surface area contributed by atoms with Crippen LogP contribution in [0, 0.1) is 30.1 Å². The summed E-state index contributed by atoms with van der Waals surface area (Å²) in [6.45, 7) is 11.3. The van der Waals surface area contributed by atoms with Crippen LogP contribution in [-0.2, 0) is 0 Å². The van der Waals surface area contributed by atoms with Crippen molar-refractivity contribution in [2.24, 2.45) is 28.9 Å². The van der Waals surface area contributed by atoms with Gasteiger partial charge in [0.15, 0.2) is 0 Å². The Morgan fingerprint density at radius 1 is 1.17 bits per heavy atom. The van der Waals surface area contributed by atoms with Gasteiger partial charge in [0, 0.05) is 37.4 Å². The first-order chi connectivity index (χ1) is 16.8. The van der Waals surface area contributed by atoms with Gasteiger partial charge in [-0.05, 0) is 80.0 Å². The Balaban J connectivity index is 1.39. The smallest absolute Gasteiger partial charge is 0.248 e. The van der Waals surface area contributed by atoms with E-state index in [9.17, 15) is 4.79 Å². The van der Waals surface area contributed by atoms with E-state index in [0.717, 1.165) is 62.2 Å². The van der Waals surface area contributed by atoms with E-state index in [1.165, 1.54) is 19.3 Å². The Labute approximate surface area is 207 Å². The maximum Gasteiger partial charge on any atom is 0.248 e. The summed E-state index contributed by atoms with van der Waals surface area (Å²) >= 11 is 0. The Morgan fingerprint density at radius 3 is 2.77 bits per heavy atom. The monoisotopic (exact) mass is 478 g/mol. The van der Waals surface area contributed by atoms with E-state index in [1.54, 1.807) is 12.1 Å². The molecule has 1 aromatic carbocycles. The van der Waals surface area contributed by atoms with Gasteiger partial charge in [-0.1, -0.05) is 19.9 Å². The van der Waals surface area contributed by atoms with Gasteiger partial charge in [-0.3, -0.25) is 4.79 Å². The summed E-state index contributed by atoms with van der Waals surface area (Å²) in [4.78, 5) is 28.2. The van der Waals surface area contributed by atoms with Crippen molar-refractivity contribution in [2.45, 2.75) is 46.5 Å². The van der Waals surface area contributed by atoms with E-state index in [1.807, 2.05) is 13.0 Å². The summed E-state index contributed by atoms with van der Waals surface area (Å²) in [5, 5.41) is 10.3. The molecule has 1 aromatic heterocycles. The first-order valence-electron chi connectivity index (χ1n) is 12.9. The Bertz CT molecular complexity index is 1080. The van der Waals surface area contributed by atoms with Gasteiger partial charge in [0.25, 0.3) is 0 Å². The zero-order chi connectivity index (χ0) is 24.6. The summed E-state index contributed by atoms with van der Waals surface area (Å²) in [5.74, 6) is 3.57. The van der Waals surface area contributed by atoms with Crippen LogP contribution in [0.2, 0.25) is 0 Å². The highest BCUT2D eigenvalue weighted by molar-refractivity contribution is 5.94. The normalized spacial score (nSPS) is 25.3. The maximum absolute atomic E-state index is 11.7. The number of nitrogens with one attached hydrogen (secondary N) is 3. The zero-order valence-corrected chi connectivity index (χ0v) is 21.1. The van der Waals surface area contributed by atoms with E-state index < -0.39 is 5.91 Å². The Kier molecular flexibility index (Phi) is 6.53. The van der Waals surface area contributed by atoms with Crippen molar-refractivity contribution in [2.75, 3.05) is 48.3 Å². The highest BCUT2D eigenvalue weighted by Gasteiger charge is 2.53. The topological polar surface area (TPSA) is 121 Å². The predicted octanol–water partition coefficient (Wildman–Crippen LogP) is 3.31. The average Bonchev–Trinajstić information content (AvgIpc) is 3.13. The number of anilines is 4. The van der Waals surface area contributed by atoms with Crippen LogP contribution in [0.4, 0.5) is 23.5 Å². The number of carbonyl (C=O) groups excluding carboxylic acids is 1. The molecule has 3 aliphatic carbocycles. The second-order valence-electron chi connectivity index (χ2n) is 11.0. The lowest BCUT2D eigenvalue weighted by Gasteiger charge is -2.60. The number of rotatable bonds is 7. The van der Waals surface area contributed by atoms with Crippen LogP contribution in [-0.4, -0.2) is 53.6 Å². The van der Waals surface area contributed by atoms with Gasteiger partial charge < -0.3 is 26.6 Å². The number of hydrogen-bond donors (Lipinski definition) is 4. The van der Waals surface area contributed by atoms with Crippen molar-refractivity contribution in [3.05, 3.63) is 29.3 Å². The summed E-state index contributed by atoms with van der Waals surface area (Å²) in [6.07, 6.45) is 4.98. The van der Waals surface area contributed by atoms with Crippen molar-refractivity contribution in [1.82, 2.24) is 20.3 Å². The molecule has 2 heterocycles. The fraction of sp³-hybridized carbons (Fsp3) is 0.615. The highest BCUT2D eigenvalue weighted by atomic mass is 16.1. The number of hydrogen-bond acceptors (Lipinski definition) is 8. The van der Waals surface area contributed by atoms with Crippen molar-refractivity contribution in [3.8, 4) is 0 Å². The summed E-state index contributed by atoms with van der Waals surface area (Å²) in [5.41, 5.74) is 8.14. The molecule has 3 atom stereocenters. The van der Waals surface area contributed by atoms with Crippen LogP contribution >= 0.6 is 0 Å². The number of nitrogens with zero attached hydrogens (tertiary/aromatic N) is 4. The number of nitrogens with two attached hydrogens (primary N) is 1. The number of fused-ring (bicyclic) bond motifs is 2. The molecule has 1 aliphatic heterocycles. The van der Waals surface area contributed by atoms with Crippen LogP contribution in [0.1, 0.15) is 55.5 Å². The highest BCUT2D eigenvalue weighted by Crippen LogP contribution is 2.61. The molecule has 188 valence electrons. The summed E-state index contributed by atoms with van der Waals surface area (Å²) < 4.78 is 0. The minimum atomic E-state index is -0.461. The van der Waals surface area contributed by atoms with Gasteiger partial charge in [0.2, 0.25) is 23.8 Å². The van der Waals surface area contributed by atoms with Crippen LogP contribution < -0.4 is 26.6 Å². The minimum absolute atomic E-state index is 0.447. The van der Waals surface area contributed by atoms with Gasteiger partial charge in [0.05, 0.1) is 0 Å². The quantitative estimate of drug-likeness (QED) is 0.478.